The molecule has 0 radical (unpaired) electrons. The third-order valence-electron chi connectivity index (χ3n) is 2.61. The minimum atomic E-state index is 0.0882. The third kappa shape index (κ3) is 5.33. The lowest BCUT2D eigenvalue weighted by atomic mass is 10.1. The second kappa shape index (κ2) is 8.25. The van der Waals surface area contributed by atoms with Crippen LogP contribution in [-0.4, -0.2) is 17.6 Å². The van der Waals surface area contributed by atoms with Gasteiger partial charge in [0.1, 0.15) is 0 Å². The van der Waals surface area contributed by atoms with Gasteiger partial charge in [0.25, 0.3) is 0 Å². The van der Waals surface area contributed by atoms with Gasteiger partial charge in [-0.15, -0.1) is 11.3 Å². The first kappa shape index (κ1) is 14.2. The molecule has 1 atom stereocenters. The predicted molar refractivity (Wildman–Crippen MR) is 71.0 cm³/mol. The monoisotopic (exact) mass is 255 g/mol. The lowest BCUT2D eigenvalue weighted by Gasteiger charge is -2.16. The van der Waals surface area contributed by atoms with E-state index in [0.717, 1.165) is 19.3 Å². The first-order chi connectivity index (χ1) is 8.27. The second-order valence-electron chi connectivity index (χ2n) is 4.10. The molecule has 0 aliphatic rings. The standard InChI is InChI=1S/C13H21NO2S/c1-2-6-11(12-7-5-10-17-12)14-13(16)8-3-4-9-15/h5,7,10-11,15H,2-4,6,8-9H2,1H3,(H,14,16). The van der Waals surface area contributed by atoms with Gasteiger partial charge in [-0.3, -0.25) is 4.79 Å². The van der Waals surface area contributed by atoms with Crippen molar-refractivity contribution in [1.29, 1.82) is 0 Å². The maximum atomic E-state index is 11.7. The normalized spacial score (nSPS) is 12.4. The molecule has 1 unspecified atom stereocenters. The number of nitrogens with one attached hydrogen (secondary N) is 1. The number of aliphatic hydroxyl groups is 1. The fourth-order valence-electron chi connectivity index (χ4n) is 1.73. The van der Waals surface area contributed by atoms with Crippen molar-refractivity contribution in [1.82, 2.24) is 5.32 Å². The summed E-state index contributed by atoms with van der Waals surface area (Å²) in [4.78, 5) is 12.9. The van der Waals surface area contributed by atoms with E-state index in [2.05, 4.69) is 18.3 Å². The Morgan fingerprint density at radius 3 is 2.94 bits per heavy atom. The summed E-state index contributed by atoms with van der Waals surface area (Å²) in [5, 5.41) is 13.8. The molecule has 3 nitrogen and oxygen atoms in total. The van der Waals surface area contributed by atoms with Gasteiger partial charge in [-0.1, -0.05) is 19.4 Å². The zero-order valence-corrected chi connectivity index (χ0v) is 11.1. The van der Waals surface area contributed by atoms with Gasteiger partial charge in [-0.2, -0.15) is 0 Å². The van der Waals surface area contributed by atoms with Crippen molar-refractivity contribution in [2.24, 2.45) is 0 Å². The molecule has 0 aliphatic heterocycles. The van der Waals surface area contributed by atoms with Crippen LogP contribution in [0.2, 0.25) is 0 Å². The quantitative estimate of drug-likeness (QED) is 0.702. The van der Waals surface area contributed by atoms with Crippen LogP contribution >= 0.6 is 11.3 Å². The summed E-state index contributed by atoms with van der Waals surface area (Å²) in [5.41, 5.74) is 0. The van der Waals surface area contributed by atoms with Gasteiger partial charge in [0.2, 0.25) is 5.91 Å². The van der Waals surface area contributed by atoms with Crippen LogP contribution in [0.5, 0.6) is 0 Å². The van der Waals surface area contributed by atoms with Crippen LogP contribution < -0.4 is 5.32 Å². The van der Waals surface area contributed by atoms with Crippen molar-refractivity contribution in [3.05, 3.63) is 22.4 Å². The molecule has 0 bridgehead atoms. The Kier molecular flexibility index (Phi) is 6.89. The van der Waals surface area contributed by atoms with E-state index in [4.69, 9.17) is 5.11 Å². The lowest BCUT2D eigenvalue weighted by molar-refractivity contribution is -0.122. The highest BCUT2D eigenvalue weighted by molar-refractivity contribution is 7.10. The van der Waals surface area contributed by atoms with Crippen LogP contribution in [0.1, 0.15) is 49.9 Å². The van der Waals surface area contributed by atoms with E-state index in [9.17, 15) is 4.79 Å². The molecule has 0 aromatic carbocycles. The molecule has 0 saturated heterocycles. The highest BCUT2D eigenvalue weighted by Crippen LogP contribution is 2.23. The molecular formula is C13H21NO2S. The van der Waals surface area contributed by atoms with E-state index in [0.29, 0.717) is 12.8 Å². The van der Waals surface area contributed by atoms with E-state index in [1.807, 2.05) is 11.4 Å². The molecule has 4 heteroatoms. The number of hydrogen-bond donors (Lipinski definition) is 2. The van der Waals surface area contributed by atoms with Crippen LogP contribution in [0.4, 0.5) is 0 Å². The van der Waals surface area contributed by atoms with Gasteiger partial charge in [0, 0.05) is 17.9 Å². The Bertz CT molecular complexity index is 311. The summed E-state index contributed by atoms with van der Waals surface area (Å²) in [5.74, 6) is 0.0882. The van der Waals surface area contributed by atoms with Crippen molar-refractivity contribution >= 4 is 17.2 Å². The van der Waals surface area contributed by atoms with Crippen molar-refractivity contribution in [3.63, 3.8) is 0 Å². The Labute approximate surface area is 107 Å². The number of unbranched alkanes of at least 4 members (excludes halogenated alkanes) is 1. The average molecular weight is 255 g/mol. The average Bonchev–Trinajstić information content (AvgIpc) is 2.82. The number of thiophene rings is 1. The molecule has 1 amide bonds. The highest BCUT2D eigenvalue weighted by atomic mass is 32.1. The smallest absolute Gasteiger partial charge is 0.220 e. The Morgan fingerprint density at radius 2 is 2.35 bits per heavy atom. The molecule has 2 N–H and O–H groups in total. The summed E-state index contributed by atoms with van der Waals surface area (Å²) in [6, 6.07) is 4.24. The molecular weight excluding hydrogens is 234 g/mol. The summed E-state index contributed by atoms with van der Waals surface area (Å²) in [7, 11) is 0. The largest absolute Gasteiger partial charge is 0.396 e. The molecule has 1 aromatic heterocycles. The maximum absolute atomic E-state index is 11.7. The molecule has 1 heterocycles. The van der Waals surface area contributed by atoms with Crippen molar-refractivity contribution in [2.75, 3.05) is 6.61 Å². The van der Waals surface area contributed by atoms with Gasteiger partial charge >= 0.3 is 0 Å². The minimum Gasteiger partial charge on any atom is -0.396 e. The van der Waals surface area contributed by atoms with Gasteiger partial charge in [0.15, 0.2) is 0 Å². The first-order valence-electron chi connectivity index (χ1n) is 6.21. The molecule has 1 aromatic rings. The predicted octanol–water partition coefficient (Wildman–Crippen LogP) is 2.87. The van der Waals surface area contributed by atoms with Gasteiger partial charge in [0.05, 0.1) is 6.04 Å². The first-order valence-corrected chi connectivity index (χ1v) is 7.09. The van der Waals surface area contributed by atoms with Gasteiger partial charge in [-0.05, 0) is 30.7 Å². The molecule has 0 aliphatic carbocycles. The molecule has 0 spiro atoms. The summed E-state index contributed by atoms with van der Waals surface area (Å²) in [6.07, 6.45) is 3.99. The molecule has 1 rings (SSSR count). The van der Waals surface area contributed by atoms with Crippen LogP contribution in [0, 0.1) is 0 Å². The minimum absolute atomic E-state index is 0.0882. The summed E-state index contributed by atoms with van der Waals surface area (Å²) >= 11 is 1.69. The lowest BCUT2D eigenvalue weighted by Crippen LogP contribution is -2.27. The van der Waals surface area contributed by atoms with E-state index < -0.39 is 0 Å². The maximum Gasteiger partial charge on any atom is 0.220 e. The zero-order chi connectivity index (χ0) is 12.5. The Balaban J connectivity index is 2.41. The SMILES string of the molecule is CCCC(NC(=O)CCCCO)c1cccs1. The highest BCUT2D eigenvalue weighted by Gasteiger charge is 2.14. The van der Waals surface area contributed by atoms with E-state index in [-0.39, 0.29) is 18.6 Å². The summed E-state index contributed by atoms with van der Waals surface area (Å²) < 4.78 is 0. The van der Waals surface area contributed by atoms with Gasteiger partial charge in [-0.25, -0.2) is 0 Å². The fourth-order valence-corrected chi connectivity index (χ4v) is 2.54. The van der Waals surface area contributed by atoms with Crippen molar-refractivity contribution in [2.45, 2.75) is 45.1 Å². The number of carbonyl (C=O) groups excluding carboxylic acids is 1. The number of rotatable bonds is 8. The van der Waals surface area contributed by atoms with Crippen LogP contribution in [-0.2, 0) is 4.79 Å². The van der Waals surface area contributed by atoms with Gasteiger partial charge < -0.3 is 10.4 Å². The Morgan fingerprint density at radius 1 is 1.53 bits per heavy atom. The molecule has 0 fully saturated rings. The number of hydrogen-bond acceptors (Lipinski definition) is 3. The molecule has 17 heavy (non-hydrogen) atoms. The number of amides is 1. The topological polar surface area (TPSA) is 49.3 Å². The molecule has 0 saturated carbocycles. The van der Waals surface area contributed by atoms with Crippen LogP contribution in [0.3, 0.4) is 0 Å². The van der Waals surface area contributed by atoms with Crippen molar-refractivity contribution in [3.8, 4) is 0 Å². The van der Waals surface area contributed by atoms with E-state index in [1.54, 1.807) is 11.3 Å². The zero-order valence-electron chi connectivity index (χ0n) is 10.3. The number of carbonyl (C=O) groups is 1. The van der Waals surface area contributed by atoms with Crippen LogP contribution in [0.25, 0.3) is 0 Å². The summed E-state index contributed by atoms with van der Waals surface area (Å²) in [6.45, 7) is 2.29. The van der Waals surface area contributed by atoms with E-state index >= 15 is 0 Å². The third-order valence-corrected chi connectivity index (χ3v) is 3.60. The Hall–Kier alpha value is -0.870. The second-order valence-corrected chi connectivity index (χ2v) is 5.08. The molecule has 96 valence electrons. The van der Waals surface area contributed by atoms with Crippen molar-refractivity contribution < 1.29 is 9.90 Å². The van der Waals surface area contributed by atoms with Crippen LogP contribution in [0.15, 0.2) is 17.5 Å². The number of aliphatic hydroxyl groups excluding tert-OH is 1. The van der Waals surface area contributed by atoms with E-state index in [1.165, 1.54) is 4.88 Å². The fraction of sp³-hybridized carbons (Fsp3) is 0.615.